The topological polar surface area (TPSA) is 79.0 Å². The molecule has 0 spiro atoms. The SMILES string of the molecule is CC(C)N1C[C@H](Oc2ccc3c(c2)CN(C2CCC(=O)NC2=O)C3=O)CC[C@@H]1C.Cl. The Morgan fingerprint density at radius 1 is 1.13 bits per heavy atom. The molecule has 164 valence electrons. The highest BCUT2D eigenvalue weighted by Crippen LogP contribution is 2.31. The van der Waals surface area contributed by atoms with E-state index in [-0.39, 0.29) is 42.7 Å². The molecule has 3 amide bonds. The number of carbonyl (C=O) groups excluding carboxylic acids is 3. The van der Waals surface area contributed by atoms with Crippen molar-refractivity contribution in [2.45, 2.75) is 77.2 Å². The molecule has 7 nitrogen and oxygen atoms in total. The van der Waals surface area contributed by atoms with E-state index in [4.69, 9.17) is 4.74 Å². The van der Waals surface area contributed by atoms with Gasteiger partial charge in [0.2, 0.25) is 11.8 Å². The lowest BCUT2D eigenvalue weighted by molar-refractivity contribution is -0.136. The molecule has 1 N–H and O–H groups in total. The standard InChI is InChI=1S/C22H29N3O4.ClH/c1-13(2)24-12-17(5-4-14(24)3)29-16-6-7-18-15(10-16)11-25(22(18)28)19-8-9-20(26)23-21(19)27;/h6-7,10,13-14,17,19H,4-5,8-9,11-12H2,1-3H3,(H,23,26,27);1H/t14-,17+,19?;/m0./s1. The summed E-state index contributed by atoms with van der Waals surface area (Å²) in [6.45, 7) is 7.96. The monoisotopic (exact) mass is 435 g/mol. The predicted molar refractivity (Wildman–Crippen MR) is 115 cm³/mol. The first kappa shape index (κ1) is 22.6. The first-order valence-corrected chi connectivity index (χ1v) is 10.5. The van der Waals surface area contributed by atoms with Gasteiger partial charge in [-0.3, -0.25) is 24.6 Å². The predicted octanol–water partition coefficient (Wildman–Crippen LogP) is 2.51. The molecule has 3 aliphatic rings. The van der Waals surface area contributed by atoms with Gasteiger partial charge >= 0.3 is 0 Å². The largest absolute Gasteiger partial charge is 0.489 e. The third kappa shape index (κ3) is 4.32. The Bertz CT molecular complexity index is 844. The summed E-state index contributed by atoms with van der Waals surface area (Å²) in [6, 6.07) is 6.03. The van der Waals surface area contributed by atoms with Gasteiger partial charge in [-0.1, -0.05) is 0 Å². The fourth-order valence-corrected chi connectivity index (χ4v) is 4.73. The zero-order valence-corrected chi connectivity index (χ0v) is 18.5. The molecular weight excluding hydrogens is 406 g/mol. The Kier molecular flexibility index (Phi) is 6.72. The average molecular weight is 436 g/mol. The van der Waals surface area contributed by atoms with Crippen molar-refractivity contribution in [3.05, 3.63) is 29.3 Å². The molecule has 30 heavy (non-hydrogen) atoms. The van der Waals surface area contributed by atoms with Crippen LogP contribution in [0.25, 0.3) is 0 Å². The number of halogens is 1. The second-order valence-electron chi connectivity index (χ2n) is 8.68. The highest BCUT2D eigenvalue weighted by atomic mass is 35.5. The second-order valence-corrected chi connectivity index (χ2v) is 8.68. The Morgan fingerprint density at radius 3 is 2.60 bits per heavy atom. The minimum atomic E-state index is -0.587. The molecule has 0 radical (unpaired) electrons. The van der Waals surface area contributed by atoms with E-state index in [2.05, 4.69) is 31.0 Å². The van der Waals surface area contributed by atoms with Crippen LogP contribution in [-0.2, 0) is 16.1 Å². The van der Waals surface area contributed by atoms with Crippen LogP contribution in [-0.4, -0.2) is 58.3 Å². The zero-order chi connectivity index (χ0) is 20.7. The summed E-state index contributed by atoms with van der Waals surface area (Å²) >= 11 is 0. The normalized spacial score (nSPS) is 27.0. The van der Waals surface area contributed by atoms with Gasteiger partial charge in [0.15, 0.2) is 0 Å². The molecule has 2 saturated heterocycles. The van der Waals surface area contributed by atoms with Gasteiger partial charge in [-0.15, -0.1) is 12.4 Å². The van der Waals surface area contributed by atoms with Crippen molar-refractivity contribution < 1.29 is 19.1 Å². The van der Waals surface area contributed by atoms with Gasteiger partial charge in [0.1, 0.15) is 17.9 Å². The zero-order valence-electron chi connectivity index (χ0n) is 17.7. The van der Waals surface area contributed by atoms with Crippen LogP contribution in [0.1, 0.15) is 62.4 Å². The maximum absolute atomic E-state index is 12.8. The van der Waals surface area contributed by atoms with Crippen LogP contribution in [0.15, 0.2) is 18.2 Å². The van der Waals surface area contributed by atoms with Crippen LogP contribution in [0.2, 0.25) is 0 Å². The van der Waals surface area contributed by atoms with Crippen LogP contribution < -0.4 is 10.1 Å². The third-order valence-corrected chi connectivity index (χ3v) is 6.35. The summed E-state index contributed by atoms with van der Waals surface area (Å²) in [5.41, 5.74) is 1.49. The molecule has 0 aromatic heterocycles. The first-order valence-electron chi connectivity index (χ1n) is 10.5. The van der Waals surface area contributed by atoms with Gasteiger partial charge in [0.05, 0.1) is 0 Å². The van der Waals surface area contributed by atoms with Gasteiger partial charge < -0.3 is 9.64 Å². The highest BCUT2D eigenvalue weighted by molar-refractivity contribution is 6.05. The summed E-state index contributed by atoms with van der Waals surface area (Å²) in [4.78, 5) is 40.4. The molecule has 4 rings (SSSR count). The number of rotatable bonds is 4. The van der Waals surface area contributed by atoms with Gasteiger partial charge in [-0.25, -0.2) is 0 Å². The van der Waals surface area contributed by atoms with Crippen molar-refractivity contribution in [3.8, 4) is 5.75 Å². The average Bonchev–Trinajstić information content (AvgIpc) is 2.99. The van der Waals surface area contributed by atoms with E-state index in [1.54, 1.807) is 11.0 Å². The number of ether oxygens (including phenoxy) is 1. The van der Waals surface area contributed by atoms with Crippen LogP contribution >= 0.6 is 12.4 Å². The van der Waals surface area contributed by atoms with Crippen molar-refractivity contribution in [1.82, 2.24) is 15.1 Å². The van der Waals surface area contributed by atoms with Crippen molar-refractivity contribution in [2.75, 3.05) is 6.54 Å². The number of amides is 3. The number of fused-ring (bicyclic) bond motifs is 1. The smallest absolute Gasteiger partial charge is 0.255 e. The summed E-state index contributed by atoms with van der Waals surface area (Å²) in [7, 11) is 0. The fourth-order valence-electron chi connectivity index (χ4n) is 4.73. The minimum absolute atomic E-state index is 0. The maximum Gasteiger partial charge on any atom is 0.255 e. The number of imide groups is 1. The van der Waals surface area contributed by atoms with Crippen LogP contribution in [0.3, 0.4) is 0 Å². The molecule has 1 aromatic rings. The van der Waals surface area contributed by atoms with Crippen molar-refractivity contribution in [2.24, 2.45) is 0 Å². The van der Waals surface area contributed by atoms with E-state index in [1.807, 2.05) is 12.1 Å². The second kappa shape index (κ2) is 8.94. The lowest BCUT2D eigenvalue weighted by atomic mass is 9.99. The molecule has 3 heterocycles. The number of hydrogen-bond donors (Lipinski definition) is 1. The Labute approximate surface area is 183 Å². The third-order valence-electron chi connectivity index (χ3n) is 6.35. The molecule has 0 saturated carbocycles. The molecule has 1 unspecified atom stereocenters. The van der Waals surface area contributed by atoms with Crippen molar-refractivity contribution in [3.63, 3.8) is 0 Å². The number of piperidine rings is 2. The number of hydrogen-bond acceptors (Lipinski definition) is 5. The van der Waals surface area contributed by atoms with E-state index in [1.165, 1.54) is 0 Å². The van der Waals surface area contributed by atoms with Crippen LogP contribution in [0.5, 0.6) is 5.75 Å². The molecule has 0 bridgehead atoms. The number of benzene rings is 1. The molecular formula is C22H30ClN3O4. The first-order chi connectivity index (χ1) is 13.8. The van der Waals surface area contributed by atoms with Crippen LogP contribution in [0.4, 0.5) is 0 Å². The molecule has 2 fully saturated rings. The minimum Gasteiger partial charge on any atom is -0.489 e. The summed E-state index contributed by atoms with van der Waals surface area (Å²) in [5, 5.41) is 2.33. The van der Waals surface area contributed by atoms with E-state index in [9.17, 15) is 14.4 Å². The van der Waals surface area contributed by atoms with E-state index < -0.39 is 6.04 Å². The Morgan fingerprint density at radius 2 is 1.90 bits per heavy atom. The maximum atomic E-state index is 12.8. The van der Waals surface area contributed by atoms with E-state index in [0.29, 0.717) is 30.6 Å². The molecule has 1 aromatic carbocycles. The molecule has 8 heteroatoms. The van der Waals surface area contributed by atoms with Crippen molar-refractivity contribution in [1.29, 1.82) is 0 Å². The summed E-state index contributed by atoms with van der Waals surface area (Å²) in [6.07, 6.45) is 2.89. The number of nitrogens with zero attached hydrogens (tertiary/aromatic N) is 2. The van der Waals surface area contributed by atoms with Crippen LogP contribution in [0, 0.1) is 0 Å². The number of carbonyl (C=O) groups is 3. The number of nitrogens with one attached hydrogen (secondary N) is 1. The molecule has 3 atom stereocenters. The Hall–Kier alpha value is -2.12. The molecule has 3 aliphatic heterocycles. The lowest BCUT2D eigenvalue weighted by Crippen LogP contribution is -2.52. The van der Waals surface area contributed by atoms with Gasteiger partial charge in [-0.2, -0.15) is 0 Å². The quantitative estimate of drug-likeness (QED) is 0.735. The lowest BCUT2D eigenvalue weighted by Gasteiger charge is -2.40. The Balaban J connectivity index is 0.00000256. The number of likely N-dealkylation sites (tertiary alicyclic amines) is 1. The van der Waals surface area contributed by atoms with E-state index >= 15 is 0 Å². The highest BCUT2D eigenvalue weighted by Gasteiger charge is 2.39. The van der Waals surface area contributed by atoms with Gasteiger partial charge in [0, 0.05) is 37.2 Å². The molecule has 0 aliphatic carbocycles. The summed E-state index contributed by atoms with van der Waals surface area (Å²) < 4.78 is 6.27. The van der Waals surface area contributed by atoms with Gasteiger partial charge in [-0.05, 0) is 63.8 Å². The summed E-state index contributed by atoms with van der Waals surface area (Å²) in [5.74, 6) is -0.0456. The van der Waals surface area contributed by atoms with Crippen molar-refractivity contribution >= 4 is 30.1 Å². The van der Waals surface area contributed by atoms with Gasteiger partial charge in [0.25, 0.3) is 5.91 Å². The fraction of sp³-hybridized carbons (Fsp3) is 0.591. The van der Waals surface area contributed by atoms with E-state index in [0.717, 1.165) is 30.7 Å².